The molecule has 0 amide bonds. The van der Waals surface area contributed by atoms with E-state index < -0.39 is 10.0 Å². The second-order valence-corrected chi connectivity index (χ2v) is 8.13. The van der Waals surface area contributed by atoms with E-state index in [0.717, 1.165) is 29.8 Å². The molecule has 1 aliphatic carbocycles. The number of hydrogen-bond acceptors (Lipinski definition) is 3. The minimum absolute atomic E-state index is 0.211. The minimum Gasteiger partial charge on any atom is -0.314 e. The van der Waals surface area contributed by atoms with Gasteiger partial charge >= 0.3 is 0 Å². The third-order valence-electron chi connectivity index (χ3n) is 3.95. The second-order valence-electron chi connectivity index (χ2n) is 6.01. The molecule has 0 atom stereocenters. The van der Waals surface area contributed by atoms with E-state index in [2.05, 4.69) is 5.32 Å². The average molecular weight is 310 g/mol. The van der Waals surface area contributed by atoms with Crippen LogP contribution in [0.2, 0.25) is 0 Å². The molecule has 0 spiro atoms. The molecule has 0 aromatic heterocycles. The number of nitrogens with one attached hydrogen (secondary N) is 1. The number of rotatable bonds is 8. The molecule has 0 radical (unpaired) electrons. The van der Waals surface area contributed by atoms with E-state index >= 15 is 0 Å². The Labute approximate surface area is 128 Å². The first-order valence-electron chi connectivity index (χ1n) is 7.67. The van der Waals surface area contributed by atoms with Crippen LogP contribution in [0.15, 0.2) is 18.2 Å². The minimum atomic E-state index is -3.23. The van der Waals surface area contributed by atoms with Crippen LogP contribution in [0.5, 0.6) is 0 Å². The van der Waals surface area contributed by atoms with E-state index in [1.165, 1.54) is 17.1 Å². The predicted molar refractivity (Wildman–Crippen MR) is 88.4 cm³/mol. The molecule has 1 aromatic carbocycles. The lowest BCUT2D eigenvalue weighted by Gasteiger charge is -2.21. The normalized spacial score (nSPS) is 15.2. The molecule has 0 heterocycles. The van der Waals surface area contributed by atoms with Crippen molar-refractivity contribution in [3.63, 3.8) is 0 Å². The Morgan fingerprint density at radius 1 is 1.24 bits per heavy atom. The van der Waals surface area contributed by atoms with Crippen molar-refractivity contribution in [1.82, 2.24) is 5.32 Å². The molecule has 0 bridgehead atoms. The van der Waals surface area contributed by atoms with Crippen LogP contribution in [-0.4, -0.2) is 33.8 Å². The Morgan fingerprint density at radius 3 is 2.57 bits per heavy atom. The molecule has 1 N–H and O–H groups in total. The Hall–Kier alpha value is -1.07. The van der Waals surface area contributed by atoms with Gasteiger partial charge in [-0.05, 0) is 57.7 Å². The van der Waals surface area contributed by atoms with Crippen molar-refractivity contribution >= 4 is 15.7 Å². The summed E-state index contributed by atoms with van der Waals surface area (Å²) in [5, 5.41) is 3.41. The molecule has 1 aromatic rings. The summed E-state index contributed by atoms with van der Waals surface area (Å²) in [7, 11) is -1.58. The van der Waals surface area contributed by atoms with Crippen molar-refractivity contribution in [3.05, 3.63) is 29.3 Å². The molecule has 0 aliphatic heterocycles. The van der Waals surface area contributed by atoms with Crippen molar-refractivity contribution in [3.8, 4) is 0 Å². The maximum Gasteiger partial charge on any atom is 0.234 e. The van der Waals surface area contributed by atoms with Gasteiger partial charge in [-0.3, -0.25) is 4.31 Å². The summed E-state index contributed by atoms with van der Waals surface area (Å²) in [6, 6.07) is 6.55. The van der Waals surface area contributed by atoms with Crippen molar-refractivity contribution in [2.45, 2.75) is 45.6 Å². The van der Waals surface area contributed by atoms with Gasteiger partial charge in [0.15, 0.2) is 0 Å². The van der Waals surface area contributed by atoms with E-state index in [1.807, 2.05) is 32.0 Å². The molecule has 0 saturated heterocycles. The highest BCUT2D eigenvalue weighted by molar-refractivity contribution is 7.92. The lowest BCUT2D eigenvalue weighted by Crippen LogP contribution is -2.30. The highest BCUT2D eigenvalue weighted by Crippen LogP contribution is 2.23. The van der Waals surface area contributed by atoms with Gasteiger partial charge in [0, 0.05) is 13.1 Å². The fourth-order valence-corrected chi connectivity index (χ4v) is 3.80. The average Bonchev–Trinajstić information content (AvgIpc) is 3.21. The summed E-state index contributed by atoms with van der Waals surface area (Å²) in [6.45, 7) is 4.89. The highest BCUT2D eigenvalue weighted by atomic mass is 32.2. The van der Waals surface area contributed by atoms with Gasteiger partial charge in [-0.1, -0.05) is 17.7 Å². The zero-order valence-electron chi connectivity index (χ0n) is 13.2. The van der Waals surface area contributed by atoms with Crippen molar-refractivity contribution in [1.29, 1.82) is 0 Å². The molecular weight excluding hydrogens is 284 g/mol. The maximum atomic E-state index is 12.4. The number of unbranched alkanes of at least 4 members (excludes halogenated alkanes) is 1. The van der Waals surface area contributed by atoms with Crippen LogP contribution in [-0.2, 0) is 10.0 Å². The molecule has 1 aliphatic rings. The summed E-state index contributed by atoms with van der Waals surface area (Å²) in [5.41, 5.74) is 2.92. The second kappa shape index (κ2) is 6.79. The van der Waals surface area contributed by atoms with Gasteiger partial charge in [-0.25, -0.2) is 8.42 Å². The number of aryl methyl sites for hydroxylation is 2. The standard InChI is InChI=1S/C16H26N2O2S/c1-13-6-9-16(14(2)12-13)18(3)21(19,20)11-5-4-10-17-15-7-8-15/h6,9,12,15,17H,4-5,7-8,10-11H2,1-3H3. The zero-order chi connectivity index (χ0) is 15.5. The summed E-state index contributed by atoms with van der Waals surface area (Å²) in [4.78, 5) is 0. The third kappa shape index (κ3) is 4.71. The number of anilines is 1. The van der Waals surface area contributed by atoms with Gasteiger partial charge < -0.3 is 5.32 Å². The summed E-state index contributed by atoms with van der Waals surface area (Å²) in [6.07, 6.45) is 4.16. The lowest BCUT2D eigenvalue weighted by molar-refractivity contribution is 0.584. The quantitative estimate of drug-likeness (QED) is 0.751. The van der Waals surface area contributed by atoms with Crippen LogP contribution in [0.1, 0.15) is 36.8 Å². The van der Waals surface area contributed by atoms with Gasteiger partial charge in [-0.15, -0.1) is 0 Å². The number of benzene rings is 1. The van der Waals surface area contributed by atoms with Crippen LogP contribution in [0.25, 0.3) is 0 Å². The van der Waals surface area contributed by atoms with Crippen molar-refractivity contribution in [2.75, 3.05) is 23.7 Å². The van der Waals surface area contributed by atoms with Gasteiger partial charge in [0.2, 0.25) is 10.0 Å². The largest absolute Gasteiger partial charge is 0.314 e. The van der Waals surface area contributed by atoms with Gasteiger partial charge in [0.1, 0.15) is 0 Å². The monoisotopic (exact) mass is 310 g/mol. The number of hydrogen-bond donors (Lipinski definition) is 1. The van der Waals surface area contributed by atoms with Gasteiger partial charge in [0.05, 0.1) is 11.4 Å². The summed E-state index contributed by atoms with van der Waals surface area (Å²) >= 11 is 0. The van der Waals surface area contributed by atoms with Gasteiger partial charge in [0.25, 0.3) is 0 Å². The van der Waals surface area contributed by atoms with E-state index in [-0.39, 0.29) is 5.75 Å². The molecule has 1 saturated carbocycles. The number of sulfonamides is 1. The molecule has 1 fully saturated rings. The fraction of sp³-hybridized carbons (Fsp3) is 0.625. The van der Waals surface area contributed by atoms with E-state index in [1.54, 1.807) is 7.05 Å². The first-order valence-corrected chi connectivity index (χ1v) is 9.28. The third-order valence-corrected chi connectivity index (χ3v) is 5.78. The Kier molecular flexibility index (Phi) is 5.27. The van der Waals surface area contributed by atoms with Crippen LogP contribution in [0.4, 0.5) is 5.69 Å². The molecule has 118 valence electrons. The number of nitrogens with zero attached hydrogens (tertiary/aromatic N) is 1. The highest BCUT2D eigenvalue weighted by Gasteiger charge is 2.21. The van der Waals surface area contributed by atoms with Crippen LogP contribution in [0, 0.1) is 13.8 Å². The zero-order valence-corrected chi connectivity index (χ0v) is 14.0. The van der Waals surface area contributed by atoms with E-state index in [9.17, 15) is 8.42 Å². The molecule has 0 unspecified atom stereocenters. The summed E-state index contributed by atoms with van der Waals surface area (Å²) < 4.78 is 26.2. The summed E-state index contributed by atoms with van der Waals surface area (Å²) in [5.74, 6) is 0.211. The van der Waals surface area contributed by atoms with Crippen molar-refractivity contribution in [2.24, 2.45) is 0 Å². The Balaban J connectivity index is 1.87. The first kappa shape index (κ1) is 16.3. The van der Waals surface area contributed by atoms with E-state index in [0.29, 0.717) is 12.5 Å². The van der Waals surface area contributed by atoms with Crippen LogP contribution < -0.4 is 9.62 Å². The molecule has 5 heteroatoms. The topological polar surface area (TPSA) is 49.4 Å². The van der Waals surface area contributed by atoms with Crippen molar-refractivity contribution < 1.29 is 8.42 Å². The molecule has 4 nitrogen and oxygen atoms in total. The maximum absolute atomic E-state index is 12.4. The lowest BCUT2D eigenvalue weighted by atomic mass is 10.1. The molecular formula is C16H26N2O2S. The van der Waals surface area contributed by atoms with E-state index in [4.69, 9.17) is 0 Å². The Bertz CT molecular complexity index is 580. The molecule has 21 heavy (non-hydrogen) atoms. The van der Waals surface area contributed by atoms with Crippen LogP contribution in [0.3, 0.4) is 0 Å². The van der Waals surface area contributed by atoms with Crippen LogP contribution >= 0.6 is 0 Å². The smallest absolute Gasteiger partial charge is 0.234 e. The fourth-order valence-electron chi connectivity index (χ4n) is 2.45. The first-order chi connectivity index (χ1) is 9.90. The Morgan fingerprint density at radius 2 is 1.95 bits per heavy atom. The predicted octanol–water partition coefficient (Wildman–Crippen LogP) is 2.60. The SMILES string of the molecule is Cc1ccc(N(C)S(=O)(=O)CCCCNC2CC2)c(C)c1. The van der Waals surface area contributed by atoms with Gasteiger partial charge in [-0.2, -0.15) is 0 Å². The molecule has 2 rings (SSSR count).